The molecule has 1 atom stereocenters. The number of pyridine rings is 1. The van der Waals surface area contributed by atoms with Crippen LogP contribution in [-0.4, -0.2) is 35.6 Å². The molecule has 16 heavy (non-hydrogen) atoms. The number of rotatable bonds is 2. The molecule has 1 aliphatic heterocycles. The number of nitrogens with one attached hydrogen (secondary N) is 1. The van der Waals surface area contributed by atoms with Crippen LogP contribution in [0.15, 0.2) is 18.3 Å². The maximum Gasteiger partial charge on any atom is 0.129 e. The largest absolute Gasteiger partial charge is 0.312 e. The van der Waals surface area contributed by atoms with Gasteiger partial charge in [-0.25, -0.2) is 4.98 Å². The second-order valence-electron chi connectivity index (χ2n) is 4.08. The molecule has 1 N–H and O–H groups in total. The zero-order valence-electron chi connectivity index (χ0n) is 9.32. The fourth-order valence-corrected chi connectivity index (χ4v) is 2.03. The molecule has 0 aromatic carbocycles. The normalized spacial score (nSPS) is 21.5. The van der Waals surface area contributed by atoms with Gasteiger partial charge in [0.15, 0.2) is 0 Å². The Bertz CT molecular complexity index is 316. The Labute approximate surface area is 108 Å². The molecular weight excluding hydrogens is 245 g/mol. The summed E-state index contributed by atoms with van der Waals surface area (Å²) in [6.07, 6.45) is 1.86. The van der Waals surface area contributed by atoms with Crippen molar-refractivity contribution in [2.45, 2.75) is 19.5 Å². The van der Waals surface area contributed by atoms with E-state index >= 15 is 0 Å². The van der Waals surface area contributed by atoms with E-state index in [-0.39, 0.29) is 12.4 Å². The van der Waals surface area contributed by atoms with Crippen molar-refractivity contribution in [2.75, 3.05) is 19.6 Å². The van der Waals surface area contributed by atoms with Crippen LogP contribution in [0.2, 0.25) is 5.15 Å². The minimum absolute atomic E-state index is 0. The molecule has 1 saturated heterocycles. The lowest BCUT2D eigenvalue weighted by Gasteiger charge is -2.31. The molecule has 2 rings (SSSR count). The lowest BCUT2D eigenvalue weighted by Crippen LogP contribution is -2.48. The third-order valence-corrected chi connectivity index (χ3v) is 2.87. The minimum Gasteiger partial charge on any atom is -0.312 e. The average Bonchev–Trinajstić information content (AvgIpc) is 2.22. The quantitative estimate of drug-likeness (QED) is 0.826. The third-order valence-electron chi connectivity index (χ3n) is 2.65. The van der Waals surface area contributed by atoms with Crippen molar-refractivity contribution < 1.29 is 0 Å². The number of aromatic nitrogens is 1. The first-order valence-corrected chi connectivity index (χ1v) is 5.68. The SMILES string of the molecule is CC1CN(Cc2ccc(Cl)nc2)CCN1.Cl. The van der Waals surface area contributed by atoms with E-state index in [0.29, 0.717) is 11.2 Å². The van der Waals surface area contributed by atoms with Gasteiger partial charge in [0.2, 0.25) is 0 Å². The first-order valence-electron chi connectivity index (χ1n) is 5.30. The van der Waals surface area contributed by atoms with E-state index in [2.05, 4.69) is 22.1 Å². The Morgan fingerprint density at radius 1 is 1.56 bits per heavy atom. The predicted octanol–water partition coefficient (Wildman–Crippen LogP) is 1.95. The van der Waals surface area contributed by atoms with Crippen molar-refractivity contribution in [1.29, 1.82) is 0 Å². The predicted molar refractivity (Wildman–Crippen MR) is 69.2 cm³/mol. The van der Waals surface area contributed by atoms with Crippen molar-refractivity contribution in [3.8, 4) is 0 Å². The van der Waals surface area contributed by atoms with Gasteiger partial charge in [-0.15, -0.1) is 12.4 Å². The summed E-state index contributed by atoms with van der Waals surface area (Å²) in [7, 11) is 0. The Hall–Kier alpha value is -0.350. The molecule has 3 nitrogen and oxygen atoms in total. The minimum atomic E-state index is 0. The molecule has 90 valence electrons. The summed E-state index contributed by atoms with van der Waals surface area (Å²) < 4.78 is 0. The zero-order valence-corrected chi connectivity index (χ0v) is 10.9. The van der Waals surface area contributed by atoms with Gasteiger partial charge in [-0.05, 0) is 18.6 Å². The summed E-state index contributed by atoms with van der Waals surface area (Å²) in [6, 6.07) is 4.48. The van der Waals surface area contributed by atoms with E-state index in [4.69, 9.17) is 11.6 Å². The van der Waals surface area contributed by atoms with E-state index < -0.39 is 0 Å². The summed E-state index contributed by atoms with van der Waals surface area (Å²) in [4.78, 5) is 6.52. The molecule has 0 bridgehead atoms. The second-order valence-corrected chi connectivity index (χ2v) is 4.47. The molecule has 0 radical (unpaired) electrons. The van der Waals surface area contributed by atoms with Crippen LogP contribution in [-0.2, 0) is 6.54 Å². The van der Waals surface area contributed by atoms with E-state index in [1.165, 1.54) is 5.56 Å². The average molecular weight is 262 g/mol. The topological polar surface area (TPSA) is 28.2 Å². The first-order chi connectivity index (χ1) is 7.24. The first kappa shape index (κ1) is 13.7. The number of nitrogens with zero attached hydrogens (tertiary/aromatic N) is 2. The molecule has 1 aliphatic rings. The Morgan fingerprint density at radius 3 is 3.00 bits per heavy atom. The maximum absolute atomic E-state index is 5.74. The Kier molecular flexibility index (Phi) is 5.49. The summed E-state index contributed by atoms with van der Waals surface area (Å²) in [5.74, 6) is 0. The highest BCUT2D eigenvalue weighted by Gasteiger charge is 2.15. The van der Waals surface area contributed by atoms with Crippen LogP contribution in [0.4, 0.5) is 0 Å². The smallest absolute Gasteiger partial charge is 0.129 e. The zero-order chi connectivity index (χ0) is 10.7. The van der Waals surface area contributed by atoms with E-state index in [0.717, 1.165) is 26.2 Å². The van der Waals surface area contributed by atoms with Crippen LogP contribution in [0.3, 0.4) is 0 Å². The lowest BCUT2D eigenvalue weighted by atomic mass is 10.2. The summed E-state index contributed by atoms with van der Waals surface area (Å²) in [5.41, 5.74) is 1.23. The number of piperazine rings is 1. The molecule has 2 heterocycles. The number of hydrogen-bond acceptors (Lipinski definition) is 3. The van der Waals surface area contributed by atoms with Crippen LogP contribution < -0.4 is 5.32 Å². The molecule has 5 heteroatoms. The van der Waals surface area contributed by atoms with Gasteiger partial charge in [-0.2, -0.15) is 0 Å². The summed E-state index contributed by atoms with van der Waals surface area (Å²) in [6.45, 7) is 6.46. The number of hydrogen-bond donors (Lipinski definition) is 1. The van der Waals surface area contributed by atoms with E-state index in [1.54, 1.807) is 0 Å². The standard InChI is InChI=1S/C11H16ClN3.ClH/c1-9-7-15(5-4-13-9)8-10-2-3-11(12)14-6-10;/h2-3,6,9,13H,4-5,7-8H2,1H3;1H. The summed E-state index contributed by atoms with van der Waals surface area (Å²) in [5, 5.41) is 3.99. The van der Waals surface area contributed by atoms with Gasteiger partial charge < -0.3 is 5.32 Å². The monoisotopic (exact) mass is 261 g/mol. The fraction of sp³-hybridized carbons (Fsp3) is 0.545. The van der Waals surface area contributed by atoms with E-state index in [9.17, 15) is 0 Å². The van der Waals surface area contributed by atoms with Crippen molar-refractivity contribution in [3.05, 3.63) is 29.0 Å². The highest BCUT2D eigenvalue weighted by Crippen LogP contribution is 2.09. The van der Waals surface area contributed by atoms with E-state index in [1.807, 2.05) is 18.3 Å². The maximum atomic E-state index is 5.74. The third kappa shape index (κ3) is 3.91. The van der Waals surface area contributed by atoms with Gasteiger partial charge in [0, 0.05) is 38.4 Å². The molecule has 1 aromatic rings. The van der Waals surface area contributed by atoms with Crippen molar-refractivity contribution in [3.63, 3.8) is 0 Å². The van der Waals surface area contributed by atoms with Crippen LogP contribution in [0.1, 0.15) is 12.5 Å². The second kappa shape index (κ2) is 6.40. The van der Waals surface area contributed by atoms with Crippen molar-refractivity contribution in [1.82, 2.24) is 15.2 Å². The van der Waals surface area contributed by atoms with Gasteiger partial charge in [-0.1, -0.05) is 17.7 Å². The van der Waals surface area contributed by atoms with Gasteiger partial charge in [0.25, 0.3) is 0 Å². The number of halogens is 2. The lowest BCUT2D eigenvalue weighted by molar-refractivity contribution is 0.199. The van der Waals surface area contributed by atoms with Crippen molar-refractivity contribution >= 4 is 24.0 Å². The molecular formula is C11H17Cl2N3. The van der Waals surface area contributed by atoms with Gasteiger partial charge in [0.1, 0.15) is 5.15 Å². The Balaban J connectivity index is 0.00000128. The van der Waals surface area contributed by atoms with Crippen molar-refractivity contribution in [2.24, 2.45) is 0 Å². The molecule has 0 saturated carbocycles. The van der Waals surface area contributed by atoms with Crippen LogP contribution >= 0.6 is 24.0 Å². The molecule has 1 unspecified atom stereocenters. The molecule has 0 aliphatic carbocycles. The summed E-state index contributed by atoms with van der Waals surface area (Å²) >= 11 is 5.74. The van der Waals surface area contributed by atoms with Crippen LogP contribution in [0, 0.1) is 0 Å². The Morgan fingerprint density at radius 2 is 2.38 bits per heavy atom. The van der Waals surface area contributed by atoms with Gasteiger partial charge in [-0.3, -0.25) is 4.90 Å². The van der Waals surface area contributed by atoms with Crippen LogP contribution in [0.25, 0.3) is 0 Å². The fourth-order valence-electron chi connectivity index (χ4n) is 1.91. The highest BCUT2D eigenvalue weighted by molar-refractivity contribution is 6.29. The van der Waals surface area contributed by atoms with Gasteiger partial charge in [0.05, 0.1) is 0 Å². The molecule has 1 fully saturated rings. The molecule has 1 aromatic heterocycles. The molecule has 0 amide bonds. The molecule has 0 spiro atoms. The van der Waals surface area contributed by atoms with Crippen LogP contribution in [0.5, 0.6) is 0 Å². The highest BCUT2D eigenvalue weighted by atomic mass is 35.5. The van der Waals surface area contributed by atoms with Gasteiger partial charge >= 0.3 is 0 Å².